The van der Waals surface area contributed by atoms with E-state index in [1.54, 1.807) is 49.4 Å². The number of aryl methyl sites for hydroxylation is 1. The van der Waals surface area contributed by atoms with Gasteiger partial charge in [-0.15, -0.1) is 0 Å². The van der Waals surface area contributed by atoms with Gasteiger partial charge in [0.2, 0.25) is 0 Å². The Balaban J connectivity index is 2.08. The summed E-state index contributed by atoms with van der Waals surface area (Å²) in [5.74, 6) is 0.0847. The Kier molecular flexibility index (Phi) is 3.80. The Morgan fingerprint density at radius 2 is 1.78 bits per heavy atom. The van der Waals surface area contributed by atoms with Crippen molar-refractivity contribution in [1.29, 1.82) is 0 Å². The summed E-state index contributed by atoms with van der Waals surface area (Å²) in [6.07, 6.45) is 0. The van der Waals surface area contributed by atoms with E-state index in [0.29, 0.717) is 27.6 Å². The van der Waals surface area contributed by atoms with Crippen LogP contribution in [0.5, 0.6) is 17.2 Å². The van der Waals surface area contributed by atoms with Crippen LogP contribution >= 0.6 is 11.6 Å². The highest BCUT2D eigenvalue weighted by Crippen LogP contribution is 2.33. The van der Waals surface area contributed by atoms with Gasteiger partial charge in [-0.3, -0.25) is 4.79 Å². The lowest BCUT2D eigenvalue weighted by atomic mass is 10.1. The van der Waals surface area contributed by atoms with E-state index in [1.165, 1.54) is 0 Å². The molecule has 0 radical (unpaired) electrons. The van der Waals surface area contributed by atoms with Gasteiger partial charge >= 0.3 is 0 Å². The summed E-state index contributed by atoms with van der Waals surface area (Å²) >= 11 is 5.84. The second kappa shape index (κ2) is 5.78. The quantitative estimate of drug-likeness (QED) is 0.766. The molecule has 116 valence electrons. The van der Waals surface area contributed by atoms with Crippen molar-refractivity contribution in [3.8, 4) is 17.2 Å². The molecule has 6 heteroatoms. The smallest absolute Gasteiger partial charge is 0.271 e. The number of hydrogen-bond donors (Lipinski definition) is 2. The lowest BCUT2D eigenvalue weighted by Crippen LogP contribution is -2.14. The zero-order valence-corrected chi connectivity index (χ0v) is 13.0. The average Bonchev–Trinajstić information content (AvgIpc) is 2.53. The monoisotopic (exact) mass is 328 g/mol. The van der Waals surface area contributed by atoms with Gasteiger partial charge < -0.3 is 15.6 Å². The van der Waals surface area contributed by atoms with E-state index in [0.717, 1.165) is 5.39 Å². The molecular weight excluding hydrogens is 316 g/mol. The zero-order valence-electron chi connectivity index (χ0n) is 12.2. The summed E-state index contributed by atoms with van der Waals surface area (Å²) in [7, 11) is 0. The Morgan fingerprint density at radius 1 is 1.13 bits per heavy atom. The average molecular weight is 329 g/mol. The molecule has 3 aromatic rings. The molecule has 3 rings (SSSR count). The minimum Gasteiger partial charge on any atom is -0.505 e. The third-order valence-corrected chi connectivity index (χ3v) is 3.67. The van der Waals surface area contributed by atoms with Crippen molar-refractivity contribution >= 4 is 28.3 Å². The van der Waals surface area contributed by atoms with Gasteiger partial charge in [-0.25, -0.2) is 4.98 Å². The van der Waals surface area contributed by atoms with Gasteiger partial charge in [0.25, 0.3) is 5.91 Å². The lowest BCUT2D eigenvalue weighted by molar-refractivity contribution is 0.0993. The summed E-state index contributed by atoms with van der Waals surface area (Å²) in [6.45, 7) is 1.74. The Bertz CT molecular complexity index is 908. The molecule has 3 N–H and O–H groups in total. The first-order valence-corrected chi connectivity index (χ1v) is 7.20. The van der Waals surface area contributed by atoms with Gasteiger partial charge in [0, 0.05) is 21.5 Å². The first-order chi connectivity index (χ1) is 11.0. The fourth-order valence-electron chi connectivity index (χ4n) is 2.32. The Labute approximate surface area is 137 Å². The molecule has 2 aromatic carbocycles. The van der Waals surface area contributed by atoms with Crippen molar-refractivity contribution in [2.75, 3.05) is 0 Å². The minimum absolute atomic E-state index is 0.154. The predicted molar refractivity (Wildman–Crippen MR) is 88.2 cm³/mol. The number of carbonyl (C=O) groups excluding carboxylic acids is 1. The summed E-state index contributed by atoms with van der Waals surface area (Å²) in [4.78, 5) is 15.4. The minimum atomic E-state index is -0.781. The van der Waals surface area contributed by atoms with E-state index in [-0.39, 0.29) is 11.4 Å². The van der Waals surface area contributed by atoms with Crippen molar-refractivity contribution in [3.05, 3.63) is 58.9 Å². The summed E-state index contributed by atoms with van der Waals surface area (Å²) in [6, 6.07) is 12.1. The molecule has 0 spiro atoms. The van der Waals surface area contributed by atoms with Crippen LogP contribution in [0.4, 0.5) is 0 Å². The SMILES string of the molecule is Cc1nc(C(N)=O)c(O)c2cc(Oc3ccc(Cl)cc3)ccc12. The molecule has 1 heterocycles. The van der Waals surface area contributed by atoms with Crippen LogP contribution in [-0.2, 0) is 0 Å². The Hall–Kier alpha value is -2.79. The van der Waals surface area contributed by atoms with E-state index in [9.17, 15) is 9.90 Å². The molecule has 23 heavy (non-hydrogen) atoms. The zero-order chi connectivity index (χ0) is 16.6. The maximum absolute atomic E-state index is 11.4. The number of aromatic hydroxyl groups is 1. The van der Waals surface area contributed by atoms with Crippen LogP contribution in [0.2, 0.25) is 5.02 Å². The van der Waals surface area contributed by atoms with Crippen molar-refractivity contribution in [3.63, 3.8) is 0 Å². The molecule has 0 aliphatic heterocycles. The number of amides is 1. The van der Waals surface area contributed by atoms with E-state index >= 15 is 0 Å². The molecule has 1 aromatic heterocycles. The maximum Gasteiger partial charge on any atom is 0.271 e. The normalized spacial score (nSPS) is 10.7. The number of primary amides is 1. The predicted octanol–water partition coefficient (Wildman–Crippen LogP) is 3.79. The molecule has 0 fully saturated rings. The number of benzene rings is 2. The highest BCUT2D eigenvalue weighted by Gasteiger charge is 2.16. The standard InChI is InChI=1S/C17H13ClN2O3/c1-9-13-7-6-12(23-11-4-2-10(18)3-5-11)8-14(13)16(21)15(20-9)17(19)22/h2-8,21H,1H3,(H2,19,22). The van der Waals surface area contributed by atoms with Gasteiger partial charge in [-0.2, -0.15) is 0 Å². The molecule has 0 aliphatic carbocycles. The van der Waals surface area contributed by atoms with Gasteiger partial charge in [0.05, 0.1) is 0 Å². The second-order valence-electron chi connectivity index (χ2n) is 5.02. The topological polar surface area (TPSA) is 85.4 Å². The first-order valence-electron chi connectivity index (χ1n) is 6.82. The van der Waals surface area contributed by atoms with Crippen LogP contribution in [0.25, 0.3) is 10.8 Å². The van der Waals surface area contributed by atoms with Crippen LogP contribution in [-0.4, -0.2) is 16.0 Å². The van der Waals surface area contributed by atoms with Crippen LogP contribution in [0, 0.1) is 6.92 Å². The Morgan fingerprint density at radius 3 is 2.43 bits per heavy atom. The summed E-state index contributed by atoms with van der Waals surface area (Å²) in [5.41, 5.74) is 5.69. The number of ether oxygens (including phenoxy) is 1. The molecule has 0 unspecified atom stereocenters. The van der Waals surface area contributed by atoms with Crippen LogP contribution in [0.15, 0.2) is 42.5 Å². The molecule has 0 atom stereocenters. The number of hydrogen-bond acceptors (Lipinski definition) is 4. The van der Waals surface area contributed by atoms with Gasteiger partial charge in [-0.1, -0.05) is 11.6 Å². The maximum atomic E-state index is 11.4. The van der Waals surface area contributed by atoms with E-state index in [1.807, 2.05) is 0 Å². The summed E-state index contributed by atoms with van der Waals surface area (Å²) in [5, 5.41) is 12.0. The van der Waals surface area contributed by atoms with E-state index in [4.69, 9.17) is 22.1 Å². The van der Waals surface area contributed by atoms with Crippen molar-refractivity contribution in [2.45, 2.75) is 6.92 Å². The fraction of sp³-hybridized carbons (Fsp3) is 0.0588. The first kappa shape index (κ1) is 15.1. The highest BCUT2D eigenvalue weighted by atomic mass is 35.5. The number of carbonyl (C=O) groups is 1. The van der Waals surface area contributed by atoms with Crippen molar-refractivity contribution in [1.82, 2.24) is 4.98 Å². The highest BCUT2D eigenvalue weighted by molar-refractivity contribution is 6.30. The molecule has 0 bridgehead atoms. The molecule has 0 saturated carbocycles. The molecule has 0 saturated heterocycles. The second-order valence-corrected chi connectivity index (χ2v) is 5.46. The molecule has 0 aliphatic rings. The van der Waals surface area contributed by atoms with E-state index in [2.05, 4.69) is 4.98 Å². The lowest BCUT2D eigenvalue weighted by Gasteiger charge is -2.11. The van der Waals surface area contributed by atoms with Gasteiger partial charge in [-0.05, 0) is 49.4 Å². The fourth-order valence-corrected chi connectivity index (χ4v) is 2.44. The third kappa shape index (κ3) is 2.91. The largest absolute Gasteiger partial charge is 0.505 e. The number of nitrogens with zero attached hydrogens (tertiary/aromatic N) is 1. The number of rotatable bonds is 3. The third-order valence-electron chi connectivity index (χ3n) is 3.42. The number of nitrogens with two attached hydrogens (primary N) is 1. The number of pyridine rings is 1. The van der Waals surface area contributed by atoms with Crippen molar-refractivity contribution in [2.24, 2.45) is 5.73 Å². The van der Waals surface area contributed by atoms with Crippen LogP contribution in [0.3, 0.4) is 0 Å². The molecule has 5 nitrogen and oxygen atoms in total. The summed E-state index contributed by atoms with van der Waals surface area (Å²) < 4.78 is 5.73. The van der Waals surface area contributed by atoms with Crippen molar-refractivity contribution < 1.29 is 14.6 Å². The number of aromatic nitrogens is 1. The number of halogens is 1. The van der Waals surface area contributed by atoms with Crippen LogP contribution < -0.4 is 10.5 Å². The molecule has 1 amide bonds. The number of fused-ring (bicyclic) bond motifs is 1. The molecular formula is C17H13ClN2O3. The van der Waals surface area contributed by atoms with Crippen LogP contribution in [0.1, 0.15) is 16.2 Å². The van der Waals surface area contributed by atoms with Gasteiger partial charge in [0.1, 0.15) is 11.5 Å². The van der Waals surface area contributed by atoms with E-state index < -0.39 is 5.91 Å². The van der Waals surface area contributed by atoms with Gasteiger partial charge in [0.15, 0.2) is 11.4 Å².